The molecule has 1 aromatic heterocycles. The molecule has 0 radical (unpaired) electrons. The van der Waals surface area contributed by atoms with Crippen molar-refractivity contribution in [1.29, 1.82) is 0 Å². The first kappa shape index (κ1) is 13.8. The van der Waals surface area contributed by atoms with Gasteiger partial charge in [0.1, 0.15) is 11.9 Å². The maximum atomic E-state index is 11.0. The Kier molecular flexibility index (Phi) is 4.71. The largest absolute Gasteiger partial charge is 0.376 e. The molecular formula is C14H21N3O2. The van der Waals surface area contributed by atoms with E-state index in [-0.39, 0.29) is 10.6 Å². The van der Waals surface area contributed by atoms with Gasteiger partial charge in [0.2, 0.25) is 0 Å². The molecule has 1 N–H and O–H groups in total. The van der Waals surface area contributed by atoms with E-state index in [1.165, 1.54) is 38.3 Å². The zero-order valence-corrected chi connectivity index (χ0v) is 11.3. The molecule has 0 aromatic carbocycles. The summed E-state index contributed by atoms with van der Waals surface area (Å²) in [6, 6.07) is 2.02. The van der Waals surface area contributed by atoms with Crippen LogP contribution in [-0.2, 0) is 0 Å². The summed E-state index contributed by atoms with van der Waals surface area (Å²) in [6.07, 6.45) is 10.2. The minimum atomic E-state index is -0.372. The number of aromatic nitrogens is 1. The van der Waals surface area contributed by atoms with Crippen LogP contribution in [0.25, 0.3) is 0 Å². The predicted molar refractivity (Wildman–Crippen MR) is 75.2 cm³/mol. The van der Waals surface area contributed by atoms with Gasteiger partial charge in [-0.2, -0.15) is 0 Å². The van der Waals surface area contributed by atoms with E-state index in [0.717, 1.165) is 6.42 Å². The van der Waals surface area contributed by atoms with Crippen molar-refractivity contribution in [2.75, 3.05) is 5.32 Å². The number of nitrogens with zero attached hydrogens (tertiary/aromatic N) is 2. The molecule has 104 valence electrons. The molecule has 1 fully saturated rings. The third kappa shape index (κ3) is 3.43. The Balaban J connectivity index is 2.11. The lowest BCUT2D eigenvalue weighted by molar-refractivity contribution is -0.384. The molecule has 1 unspecified atom stereocenters. The zero-order valence-electron chi connectivity index (χ0n) is 11.3. The fourth-order valence-electron chi connectivity index (χ4n) is 2.94. The molecule has 1 aromatic rings. The quantitative estimate of drug-likeness (QED) is 0.648. The van der Waals surface area contributed by atoms with Crippen molar-refractivity contribution in [2.24, 2.45) is 5.92 Å². The number of hydrogen-bond donors (Lipinski definition) is 1. The Labute approximate surface area is 113 Å². The third-order valence-corrected chi connectivity index (χ3v) is 4.00. The number of pyridine rings is 1. The predicted octanol–water partition coefficient (Wildman–Crippen LogP) is 3.76. The van der Waals surface area contributed by atoms with Gasteiger partial charge in [0.15, 0.2) is 0 Å². The molecule has 0 spiro atoms. The maximum absolute atomic E-state index is 11.0. The van der Waals surface area contributed by atoms with Crippen molar-refractivity contribution in [2.45, 2.75) is 51.5 Å². The molecule has 0 bridgehead atoms. The van der Waals surface area contributed by atoms with Gasteiger partial charge in [0, 0.05) is 12.2 Å². The van der Waals surface area contributed by atoms with Crippen LogP contribution in [0.2, 0.25) is 0 Å². The van der Waals surface area contributed by atoms with Gasteiger partial charge in [-0.3, -0.25) is 15.1 Å². The SMILES string of the molecule is CCC(Nc1ccncc1[N+](=O)[O-])C1CCCCC1. The summed E-state index contributed by atoms with van der Waals surface area (Å²) in [5.41, 5.74) is 0.661. The number of rotatable bonds is 5. The van der Waals surface area contributed by atoms with E-state index in [4.69, 9.17) is 0 Å². The molecule has 1 heterocycles. The highest BCUT2D eigenvalue weighted by atomic mass is 16.6. The molecule has 5 nitrogen and oxygen atoms in total. The number of nitro groups is 1. The van der Waals surface area contributed by atoms with Crippen LogP contribution in [0.15, 0.2) is 18.5 Å². The number of hydrogen-bond acceptors (Lipinski definition) is 4. The van der Waals surface area contributed by atoms with Crippen LogP contribution in [0.4, 0.5) is 11.4 Å². The minimum absolute atomic E-state index is 0.0664. The molecular weight excluding hydrogens is 242 g/mol. The summed E-state index contributed by atoms with van der Waals surface area (Å²) in [6.45, 7) is 2.14. The smallest absolute Gasteiger partial charge is 0.310 e. The van der Waals surface area contributed by atoms with Crippen molar-refractivity contribution in [1.82, 2.24) is 4.98 Å². The molecule has 0 amide bonds. The van der Waals surface area contributed by atoms with Crippen LogP contribution in [0.1, 0.15) is 45.4 Å². The van der Waals surface area contributed by atoms with E-state index in [1.54, 1.807) is 12.3 Å². The van der Waals surface area contributed by atoms with Crippen LogP contribution < -0.4 is 5.32 Å². The lowest BCUT2D eigenvalue weighted by Crippen LogP contribution is -2.30. The molecule has 0 saturated heterocycles. The van der Waals surface area contributed by atoms with E-state index in [2.05, 4.69) is 17.2 Å². The molecule has 19 heavy (non-hydrogen) atoms. The average Bonchev–Trinajstić information content (AvgIpc) is 2.46. The molecule has 1 saturated carbocycles. The molecule has 1 aliphatic carbocycles. The second-order valence-electron chi connectivity index (χ2n) is 5.21. The molecule has 0 aliphatic heterocycles. The molecule has 2 rings (SSSR count). The Bertz CT molecular complexity index is 430. The first-order chi connectivity index (χ1) is 9.22. The van der Waals surface area contributed by atoms with Crippen molar-refractivity contribution in [3.05, 3.63) is 28.6 Å². The first-order valence-electron chi connectivity index (χ1n) is 7.07. The van der Waals surface area contributed by atoms with Crippen molar-refractivity contribution < 1.29 is 4.92 Å². The minimum Gasteiger partial charge on any atom is -0.376 e. The second kappa shape index (κ2) is 6.50. The monoisotopic (exact) mass is 263 g/mol. The Morgan fingerprint density at radius 2 is 2.21 bits per heavy atom. The van der Waals surface area contributed by atoms with Gasteiger partial charge < -0.3 is 5.32 Å². The maximum Gasteiger partial charge on any atom is 0.310 e. The number of anilines is 1. The van der Waals surface area contributed by atoms with Gasteiger partial charge in [-0.05, 0) is 31.2 Å². The average molecular weight is 263 g/mol. The van der Waals surface area contributed by atoms with E-state index >= 15 is 0 Å². The molecule has 1 aliphatic rings. The first-order valence-corrected chi connectivity index (χ1v) is 7.07. The molecule has 1 atom stereocenters. The van der Waals surface area contributed by atoms with E-state index in [1.807, 2.05) is 0 Å². The van der Waals surface area contributed by atoms with Crippen LogP contribution in [0.3, 0.4) is 0 Å². The van der Waals surface area contributed by atoms with Crippen LogP contribution in [0, 0.1) is 16.0 Å². The fourth-order valence-corrected chi connectivity index (χ4v) is 2.94. The highest BCUT2D eigenvalue weighted by Gasteiger charge is 2.24. The zero-order chi connectivity index (χ0) is 13.7. The summed E-state index contributed by atoms with van der Waals surface area (Å²) in [4.78, 5) is 14.5. The van der Waals surface area contributed by atoms with Crippen molar-refractivity contribution >= 4 is 11.4 Å². The topological polar surface area (TPSA) is 68.1 Å². The fraction of sp³-hybridized carbons (Fsp3) is 0.643. The summed E-state index contributed by atoms with van der Waals surface area (Å²) in [5.74, 6) is 0.631. The summed E-state index contributed by atoms with van der Waals surface area (Å²) in [5, 5.41) is 14.4. The standard InChI is InChI=1S/C14H21N3O2/c1-2-12(11-6-4-3-5-7-11)16-13-8-9-15-10-14(13)17(18)19/h8-12H,2-7H2,1H3,(H,15,16). The second-order valence-corrected chi connectivity index (χ2v) is 5.21. The van der Waals surface area contributed by atoms with Gasteiger partial charge >= 0.3 is 5.69 Å². The van der Waals surface area contributed by atoms with Gasteiger partial charge in [-0.1, -0.05) is 26.2 Å². The van der Waals surface area contributed by atoms with Crippen LogP contribution in [-0.4, -0.2) is 15.9 Å². The van der Waals surface area contributed by atoms with Gasteiger partial charge in [-0.25, -0.2) is 0 Å². The normalized spacial score (nSPS) is 17.9. The Morgan fingerprint density at radius 1 is 1.47 bits per heavy atom. The Hall–Kier alpha value is -1.65. The van der Waals surface area contributed by atoms with Crippen LogP contribution >= 0.6 is 0 Å². The summed E-state index contributed by atoms with van der Waals surface area (Å²) >= 11 is 0. The highest BCUT2D eigenvalue weighted by molar-refractivity contribution is 5.60. The van der Waals surface area contributed by atoms with E-state index < -0.39 is 0 Å². The van der Waals surface area contributed by atoms with E-state index in [0.29, 0.717) is 17.6 Å². The lowest BCUT2D eigenvalue weighted by Gasteiger charge is -2.30. The van der Waals surface area contributed by atoms with Crippen molar-refractivity contribution in [3.8, 4) is 0 Å². The lowest BCUT2D eigenvalue weighted by atomic mass is 9.83. The van der Waals surface area contributed by atoms with Crippen LogP contribution in [0.5, 0.6) is 0 Å². The van der Waals surface area contributed by atoms with Gasteiger partial charge in [-0.15, -0.1) is 0 Å². The molecule has 5 heteroatoms. The van der Waals surface area contributed by atoms with Crippen molar-refractivity contribution in [3.63, 3.8) is 0 Å². The van der Waals surface area contributed by atoms with Gasteiger partial charge in [0.05, 0.1) is 4.92 Å². The third-order valence-electron chi connectivity index (χ3n) is 4.00. The van der Waals surface area contributed by atoms with Gasteiger partial charge in [0.25, 0.3) is 0 Å². The summed E-state index contributed by atoms with van der Waals surface area (Å²) in [7, 11) is 0. The highest BCUT2D eigenvalue weighted by Crippen LogP contribution is 2.31. The van der Waals surface area contributed by atoms with E-state index in [9.17, 15) is 10.1 Å². The Morgan fingerprint density at radius 3 is 2.84 bits per heavy atom. The summed E-state index contributed by atoms with van der Waals surface area (Å²) < 4.78 is 0. The number of nitrogens with one attached hydrogen (secondary N) is 1.